The third kappa shape index (κ3) is 2.65. The Labute approximate surface area is 109 Å². The van der Waals surface area contributed by atoms with Crippen LogP contribution in [0.4, 0.5) is 5.69 Å². The van der Waals surface area contributed by atoms with E-state index in [0.29, 0.717) is 19.8 Å². The van der Waals surface area contributed by atoms with Gasteiger partial charge in [-0.25, -0.2) is 5.06 Å². The molecule has 0 N–H and O–H groups in total. The molecule has 19 heavy (non-hydrogen) atoms. The minimum absolute atomic E-state index is 0.0590. The molecule has 102 valence electrons. The maximum atomic E-state index is 12.3. The van der Waals surface area contributed by atoms with E-state index >= 15 is 0 Å². The van der Waals surface area contributed by atoms with Gasteiger partial charge in [0.25, 0.3) is 11.6 Å². The van der Waals surface area contributed by atoms with E-state index in [-0.39, 0.29) is 17.0 Å². The Balaban J connectivity index is 2.44. The summed E-state index contributed by atoms with van der Waals surface area (Å²) in [6.45, 7) is 2.94. The molecule has 0 aliphatic carbocycles. The highest BCUT2D eigenvalue weighted by Crippen LogP contribution is 2.30. The second-order valence-electron chi connectivity index (χ2n) is 3.93. The number of nitrogens with zero attached hydrogens (tertiary/aromatic N) is 2. The first kappa shape index (κ1) is 13.3. The summed E-state index contributed by atoms with van der Waals surface area (Å²) < 4.78 is 5.30. The van der Waals surface area contributed by atoms with Crippen molar-refractivity contribution in [2.24, 2.45) is 0 Å². The fraction of sp³-hybridized carbons (Fsp3) is 0.417. The monoisotopic (exact) mass is 266 g/mol. The van der Waals surface area contributed by atoms with Crippen LogP contribution < -0.4 is 4.74 Å². The second-order valence-corrected chi connectivity index (χ2v) is 3.93. The Bertz CT molecular complexity index is 497. The number of amides is 1. The van der Waals surface area contributed by atoms with E-state index in [2.05, 4.69) is 0 Å². The van der Waals surface area contributed by atoms with E-state index in [1.54, 1.807) is 13.0 Å². The molecular weight excluding hydrogens is 252 g/mol. The molecule has 1 heterocycles. The first-order valence-corrected chi connectivity index (χ1v) is 6.00. The zero-order valence-corrected chi connectivity index (χ0v) is 10.5. The normalized spacial score (nSPS) is 14.5. The average molecular weight is 266 g/mol. The lowest BCUT2D eigenvalue weighted by Crippen LogP contribution is -2.27. The molecule has 0 unspecified atom stereocenters. The number of ether oxygens (including phenoxy) is 1. The maximum Gasteiger partial charge on any atom is 0.288 e. The molecule has 1 aromatic carbocycles. The largest absolute Gasteiger partial charge is 0.493 e. The highest BCUT2D eigenvalue weighted by Gasteiger charge is 2.31. The van der Waals surface area contributed by atoms with Gasteiger partial charge in [-0.05, 0) is 19.4 Å². The van der Waals surface area contributed by atoms with Crippen LogP contribution in [0.3, 0.4) is 0 Å². The molecule has 0 saturated carbocycles. The molecule has 0 bridgehead atoms. The average Bonchev–Trinajstić information content (AvgIpc) is 2.92. The van der Waals surface area contributed by atoms with Gasteiger partial charge in [-0.1, -0.05) is 6.07 Å². The van der Waals surface area contributed by atoms with E-state index < -0.39 is 10.8 Å². The standard InChI is InChI=1S/C12H14N2O5/c1-2-18-10-6-3-5-9(14(16)17)11(10)12(15)13-7-4-8-19-13/h3,5-6H,2,4,7-8H2,1H3. The molecule has 1 aliphatic heterocycles. The summed E-state index contributed by atoms with van der Waals surface area (Å²) in [5.41, 5.74) is -0.331. The number of nitro groups is 1. The quantitative estimate of drug-likeness (QED) is 0.612. The highest BCUT2D eigenvalue weighted by atomic mass is 16.7. The third-order valence-electron chi connectivity index (χ3n) is 2.69. The van der Waals surface area contributed by atoms with Gasteiger partial charge in [0, 0.05) is 6.07 Å². The Morgan fingerprint density at radius 2 is 2.37 bits per heavy atom. The van der Waals surface area contributed by atoms with Gasteiger partial charge >= 0.3 is 0 Å². The molecule has 1 amide bonds. The summed E-state index contributed by atoms with van der Waals surface area (Å²) in [5.74, 6) is -0.328. The van der Waals surface area contributed by atoms with Crippen LogP contribution in [0, 0.1) is 10.1 Å². The van der Waals surface area contributed by atoms with Gasteiger partial charge < -0.3 is 4.74 Å². The van der Waals surface area contributed by atoms with Crippen molar-refractivity contribution in [2.45, 2.75) is 13.3 Å². The van der Waals surface area contributed by atoms with Crippen LogP contribution in [0.1, 0.15) is 23.7 Å². The molecule has 0 radical (unpaired) electrons. The minimum atomic E-state index is -0.591. The van der Waals surface area contributed by atoms with Gasteiger partial charge in [0.05, 0.1) is 24.7 Å². The minimum Gasteiger partial charge on any atom is -0.493 e. The van der Waals surface area contributed by atoms with Crippen molar-refractivity contribution in [2.75, 3.05) is 19.8 Å². The molecular formula is C12H14N2O5. The summed E-state index contributed by atoms with van der Waals surface area (Å²) in [7, 11) is 0. The smallest absolute Gasteiger partial charge is 0.288 e. The van der Waals surface area contributed by atoms with E-state index in [9.17, 15) is 14.9 Å². The highest BCUT2D eigenvalue weighted by molar-refractivity contribution is 6.00. The van der Waals surface area contributed by atoms with Crippen LogP contribution in [0.2, 0.25) is 0 Å². The number of rotatable bonds is 4. The van der Waals surface area contributed by atoms with E-state index in [0.717, 1.165) is 11.5 Å². The van der Waals surface area contributed by atoms with Crippen molar-refractivity contribution < 1.29 is 19.3 Å². The van der Waals surface area contributed by atoms with Crippen LogP contribution in [0.15, 0.2) is 18.2 Å². The second kappa shape index (κ2) is 5.66. The zero-order valence-electron chi connectivity index (χ0n) is 10.5. The Kier molecular flexibility index (Phi) is 3.96. The van der Waals surface area contributed by atoms with Crippen LogP contribution in [-0.2, 0) is 4.84 Å². The molecule has 0 atom stereocenters. The molecule has 2 rings (SSSR count). The summed E-state index contributed by atoms with van der Waals surface area (Å²) >= 11 is 0. The van der Waals surface area contributed by atoms with E-state index in [1.807, 2.05) is 0 Å². The predicted octanol–water partition coefficient (Wildman–Crippen LogP) is 1.77. The number of carbonyl (C=O) groups is 1. The van der Waals surface area contributed by atoms with Crippen LogP contribution in [0.25, 0.3) is 0 Å². The fourth-order valence-corrected chi connectivity index (χ4v) is 1.89. The molecule has 0 aromatic heterocycles. The number of hydrogen-bond acceptors (Lipinski definition) is 5. The molecule has 7 nitrogen and oxygen atoms in total. The molecule has 1 saturated heterocycles. The van der Waals surface area contributed by atoms with Crippen molar-refractivity contribution in [3.63, 3.8) is 0 Å². The Morgan fingerprint density at radius 1 is 1.58 bits per heavy atom. The molecule has 1 aliphatic rings. The van der Waals surface area contributed by atoms with Gasteiger partial charge in [0.15, 0.2) is 5.56 Å². The van der Waals surface area contributed by atoms with Gasteiger partial charge in [-0.15, -0.1) is 0 Å². The maximum absolute atomic E-state index is 12.3. The summed E-state index contributed by atoms with van der Waals surface area (Å²) in [6.07, 6.45) is 0.719. The van der Waals surface area contributed by atoms with Crippen molar-refractivity contribution in [3.05, 3.63) is 33.9 Å². The number of carbonyl (C=O) groups excluding carboxylic acids is 1. The lowest BCUT2D eigenvalue weighted by molar-refractivity contribution is -0.385. The molecule has 1 aromatic rings. The van der Waals surface area contributed by atoms with E-state index in [4.69, 9.17) is 9.57 Å². The molecule has 7 heteroatoms. The van der Waals surface area contributed by atoms with Gasteiger partial charge in [0.2, 0.25) is 0 Å². The molecule has 1 fully saturated rings. The Morgan fingerprint density at radius 3 is 2.95 bits per heavy atom. The van der Waals surface area contributed by atoms with Crippen LogP contribution >= 0.6 is 0 Å². The van der Waals surface area contributed by atoms with Gasteiger partial charge in [-0.2, -0.15) is 0 Å². The van der Waals surface area contributed by atoms with E-state index in [1.165, 1.54) is 12.1 Å². The van der Waals surface area contributed by atoms with Gasteiger partial charge in [-0.3, -0.25) is 19.7 Å². The Hall–Kier alpha value is -2.15. The number of hydroxylamine groups is 2. The van der Waals surface area contributed by atoms with Crippen LogP contribution in [-0.4, -0.2) is 35.7 Å². The van der Waals surface area contributed by atoms with Crippen molar-refractivity contribution in [1.29, 1.82) is 0 Å². The fourth-order valence-electron chi connectivity index (χ4n) is 1.89. The third-order valence-corrected chi connectivity index (χ3v) is 2.69. The summed E-state index contributed by atoms with van der Waals surface area (Å²) in [5, 5.41) is 12.2. The lowest BCUT2D eigenvalue weighted by Gasteiger charge is -2.16. The first-order chi connectivity index (χ1) is 9.15. The van der Waals surface area contributed by atoms with Gasteiger partial charge in [0.1, 0.15) is 5.75 Å². The van der Waals surface area contributed by atoms with Crippen molar-refractivity contribution in [3.8, 4) is 5.75 Å². The SMILES string of the molecule is CCOc1cccc([N+](=O)[O-])c1C(=O)N1CCCO1. The number of nitro benzene ring substituents is 1. The van der Waals surface area contributed by atoms with Crippen molar-refractivity contribution >= 4 is 11.6 Å². The predicted molar refractivity (Wildman–Crippen MR) is 65.9 cm³/mol. The number of hydrogen-bond donors (Lipinski definition) is 0. The molecule has 0 spiro atoms. The summed E-state index contributed by atoms with van der Waals surface area (Å²) in [6, 6.07) is 4.32. The topological polar surface area (TPSA) is 81.9 Å². The van der Waals surface area contributed by atoms with Crippen molar-refractivity contribution in [1.82, 2.24) is 5.06 Å². The van der Waals surface area contributed by atoms with Crippen LogP contribution in [0.5, 0.6) is 5.75 Å². The zero-order chi connectivity index (χ0) is 13.8. The lowest BCUT2D eigenvalue weighted by atomic mass is 10.1. The summed E-state index contributed by atoms with van der Waals surface area (Å²) in [4.78, 5) is 27.9. The first-order valence-electron chi connectivity index (χ1n) is 6.00. The number of benzene rings is 1.